The molecule has 0 aliphatic carbocycles. The summed E-state index contributed by atoms with van der Waals surface area (Å²) < 4.78 is 5.52. The van der Waals surface area contributed by atoms with Crippen LogP contribution >= 0.6 is 12.2 Å². The molecule has 98 valence electrons. The van der Waals surface area contributed by atoms with Crippen LogP contribution in [0.3, 0.4) is 0 Å². The van der Waals surface area contributed by atoms with Crippen LogP contribution in [0.2, 0.25) is 0 Å². The van der Waals surface area contributed by atoms with Crippen molar-refractivity contribution in [2.24, 2.45) is 5.73 Å². The highest BCUT2D eigenvalue weighted by atomic mass is 32.1. The van der Waals surface area contributed by atoms with E-state index in [1.807, 2.05) is 6.07 Å². The van der Waals surface area contributed by atoms with Crippen molar-refractivity contribution < 1.29 is 4.74 Å². The number of thiocarbonyl (C=S) groups is 1. The SMILES string of the molecule is CCCc1cc(N2CCOC(C(N)=S)C2)ncn1. The monoisotopic (exact) mass is 266 g/mol. The Hall–Kier alpha value is -1.27. The van der Waals surface area contributed by atoms with Gasteiger partial charge in [0.2, 0.25) is 0 Å². The fourth-order valence-electron chi connectivity index (χ4n) is 1.98. The Kier molecular flexibility index (Phi) is 4.43. The van der Waals surface area contributed by atoms with Crippen molar-refractivity contribution in [1.82, 2.24) is 9.97 Å². The van der Waals surface area contributed by atoms with Gasteiger partial charge in [0, 0.05) is 18.3 Å². The second-order valence-electron chi connectivity index (χ2n) is 4.33. The zero-order chi connectivity index (χ0) is 13.0. The number of hydrogen-bond donors (Lipinski definition) is 1. The standard InChI is InChI=1S/C12H18N4OS/c1-2-3-9-6-11(15-8-14-9)16-4-5-17-10(7-16)12(13)18/h6,8,10H,2-5,7H2,1H3,(H2,13,18). The first kappa shape index (κ1) is 13.2. The van der Waals surface area contributed by atoms with Gasteiger partial charge in [-0.25, -0.2) is 9.97 Å². The van der Waals surface area contributed by atoms with Gasteiger partial charge < -0.3 is 15.4 Å². The summed E-state index contributed by atoms with van der Waals surface area (Å²) in [6.07, 6.45) is 3.48. The van der Waals surface area contributed by atoms with Gasteiger partial charge in [0.15, 0.2) is 0 Å². The lowest BCUT2D eigenvalue weighted by Gasteiger charge is -2.33. The van der Waals surface area contributed by atoms with Crippen LogP contribution < -0.4 is 10.6 Å². The smallest absolute Gasteiger partial charge is 0.132 e. The second-order valence-corrected chi connectivity index (χ2v) is 4.80. The van der Waals surface area contributed by atoms with Crippen molar-refractivity contribution in [3.05, 3.63) is 18.1 Å². The Morgan fingerprint density at radius 3 is 3.17 bits per heavy atom. The molecule has 1 aromatic rings. The second kappa shape index (κ2) is 6.06. The fraction of sp³-hybridized carbons (Fsp3) is 0.583. The molecule has 0 radical (unpaired) electrons. The van der Waals surface area contributed by atoms with Crippen molar-refractivity contribution in [2.45, 2.75) is 25.9 Å². The van der Waals surface area contributed by atoms with Crippen molar-refractivity contribution >= 4 is 23.0 Å². The minimum absolute atomic E-state index is 0.182. The molecular formula is C12H18N4OS. The maximum absolute atomic E-state index is 5.63. The van der Waals surface area contributed by atoms with E-state index in [9.17, 15) is 0 Å². The first-order valence-corrected chi connectivity index (χ1v) is 6.58. The van der Waals surface area contributed by atoms with Gasteiger partial charge in [-0.15, -0.1) is 0 Å². The van der Waals surface area contributed by atoms with E-state index in [1.165, 1.54) is 0 Å². The zero-order valence-corrected chi connectivity index (χ0v) is 11.3. The maximum atomic E-state index is 5.63. The number of aryl methyl sites for hydroxylation is 1. The molecule has 1 fully saturated rings. The Morgan fingerprint density at radius 2 is 2.44 bits per heavy atom. The quantitative estimate of drug-likeness (QED) is 0.818. The molecule has 1 aliphatic heterocycles. The van der Waals surface area contributed by atoms with Crippen LogP contribution in [-0.4, -0.2) is 40.8 Å². The highest BCUT2D eigenvalue weighted by Crippen LogP contribution is 2.16. The van der Waals surface area contributed by atoms with Gasteiger partial charge in [0.25, 0.3) is 0 Å². The molecule has 1 unspecified atom stereocenters. The number of anilines is 1. The molecule has 6 heteroatoms. The number of morpholine rings is 1. The fourth-order valence-corrected chi connectivity index (χ4v) is 2.12. The summed E-state index contributed by atoms with van der Waals surface area (Å²) in [5.41, 5.74) is 6.70. The topological polar surface area (TPSA) is 64.3 Å². The molecule has 0 saturated carbocycles. The van der Waals surface area contributed by atoms with Gasteiger partial charge in [-0.2, -0.15) is 0 Å². The summed E-state index contributed by atoms with van der Waals surface area (Å²) in [6.45, 7) is 4.23. The molecule has 1 saturated heterocycles. The van der Waals surface area contributed by atoms with Crippen LogP contribution in [0.4, 0.5) is 5.82 Å². The van der Waals surface area contributed by atoms with E-state index in [4.69, 9.17) is 22.7 Å². The van der Waals surface area contributed by atoms with E-state index in [0.717, 1.165) is 30.9 Å². The first-order chi connectivity index (χ1) is 8.70. The zero-order valence-electron chi connectivity index (χ0n) is 10.5. The van der Waals surface area contributed by atoms with Gasteiger partial charge in [0.05, 0.1) is 13.2 Å². The van der Waals surface area contributed by atoms with E-state index in [2.05, 4.69) is 21.8 Å². The van der Waals surface area contributed by atoms with Gasteiger partial charge in [-0.05, 0) is 6.42 Å². The molecule has 2 heterocycles. The molecule has 18 heavy (non-hydrogen) atoms. The molecule has 1 atom stereocenters. The first-order valence-electron chi connectivity index (χ1n) is 6.17. The lowest BCUT2D eigenvalue weighted by Crippen LogP contribution is -2.48. The summed E-state index contributed by atoms with van der Waals surface area (Å²) in [4.78, 5) is 11.1. The highest BCUT2D eigenvalue weighted by Gasteiger charge is 2.23. The average molecular weight is 266 g/mol. The Balaban J connectivity index is 2.10. The number of hydrogen-bond acceptors (Lipinski definition) is 5. The summed E-state index contributed by atoms with van der Waals surface area (Å²) in [5, 5.41) is 0. The Labute approximate surface area is 112 Å². The van der Waals surface area contributed by atoms with E-state index in [0.29, 0.717) is 18.1 Å². The van der Waals surface area contributed by atoms with E-state index >= 15 is 0 Å². The number of rotatable bonds is 4. The number of ether oxygens (including phenoxy) is 1. The molecule has 0 spiro atoms. The number of nitrogens with zero attached hydrogens (tertiary/aromatic N) is 3. The van der Waals surface area contributed by atoms with Gasteiger partial charge in [-0.3, -0.25) is 0 Å². The summed E-state index contributed by atoms with van der Waals surface area (Å²) in [5.74, 6) is 0.929. The molecular weight excluding hydrogens is 248 g/mol. The van der Waals surface area contributed by atoms with Crippen LogP contribution in [0, 0.1) is 0 Å². The third kappa shape index (κ3) is 3.14. The van der Waals surface area contributed by atoms with E-state index in [1.54, 1.807) is 6.33 Å². The maximum Gasteiger partial charge on any atom is 0.132 e. The molecule has 2 rings (SSSR count). The predicted molar refractivity (Wildman–Crippen MR) is 74.8 cm³/mol. The van der Waals surface area contributed by atoms with Gasteiger partial charge >= 0.3 is 0 Å². The number of nitrogens with two attached hydrogens (primary N) is 1. The van der Waals surface area contributed by atoms with Crippen LogP contribution in [-0.2, 0) is 11.2 Å². The third-order valence-corrected chi connectivity index (χ3v) is 3.19. The average Bonchev–Trinajstić information content (AvgIpc) is 2.39. The van der Waals surface area contributed by atoms with Crippen LogP contribution in [0.1, 0.15) is 19.0 Å². The van der Waals surface area contributed by atoms with Crippen LogP contribution in [0.5, 0.6) is 0 Å². The molecule has 0 aromatic carbocycles. The number of aromatic nitrogens is 2. The largest absolute Gasteiger partial charge is 0.391 e. The minimum Gasteiger partial charge on any atom is -0.391 e. The van der Waals surface area contributed by atoms with Gasteiger partial charge in [0.1, 0.15) is 23.2 Å². The van der Waals surface area contributed by atoms with Crippen molar-refractivity contribution in [1.29, 1.82) is 0 Å². The van der Waals surface area contributed by atoms with E-state index < -0.39 is 0 Å². The molecule has 0 amide bonds. The Morgan fingerprint density at radius 1 is 1.61 bits per heavy atom. The Bertz CT molecular complexity index is 426. The molecule has 5 nitrogen and oxygen atoms in total. The summed E-state index contributed by atoms with van der Waals surface area (Å²) in [6, 6.07) is 2.03. The normalized spacial score (nSPS) is 19.8. The molecule has 1 aromatic heterocycles. The van der Waals surface area contributed by atoms with Crippen molar-refractivity contribution in [2.75, 3.05) is 24.6 Å². The lowest BCUT2D eigenvalue weighted by molar-refractivity contribution is 0.0844. The van der Waals surface area contributed by atoms with Crippen LogP contribution in [0.25, 0.3) is 0 Å². The summed E-state index contributed by atoms with van der Waals surface area (Å²) >= 11 is 4.98. The molecule has 2 N–H and O–H groups in total. The molecule has 1 aliphatic rings. The highest BCUT2D eigenvalue weighted by molar-refractivity contribution is 7.80. The summed E-state index contributed by atoms with van der Waals surface area (Å²) in [7, 11) is 0. The van der Waals surface area contributed by atoms with E-state index in [-0.39, 0.29) is 6.10 Å². The lowest BCUT2D eigenvalue weighted by atomic mass is 10.2. The predicted octanol–water partition coefficient (Wildman–Crippen LogP) is 0.920. The minimum atomic E-state index is -0.182. The van der Waals surface area contributed by atoms with Crippen LogP contribution in [0.15, 0.2) is 12.4 Å². The molecule has 0 bridgehead atoms. The third-order valence-electron chi connectivity index (χ3n) is 2.92. The van der Waals surface area contributed by atoms with Gasteiger partial charge in [-0.1, -0.05) is 25.6 Å². The van der Waals surface area contributed by atoms with Crippen molar-refractivity contribution in [3.8, 4) is 0 Å². The van der Waals surface area contributed by atoms with Crippen molar-refractivity contribution in [3.63, 3.8) is 0 Å².